The van der Waals surface area contributed by atoms with Crippen molar-refractivity contribution in [1.82, 2.24) is 14.9 Å². The summed E-state index contributed by atoms with van der Waals surface area (Å²) in [5, 5.41) is 7.87. The van der Waals surface area contributed by atoms with Crippen LogP contribution in [0.2, 0.25) is 0 Å². The molecule has 36 heavy (non-hydrogen) atoms. The summed E-state index contributed by atoms with van der Waals surface area (Å²) in [6, 6.07) is 9.94. The maximum atomic E-state index is 12.4. The second-order valence-corrected chi connectivity index (χ2v) is 11.5. The van der Waals surface area contributed by atoms with Crippen LogP contribution in [0.1, 0.15) is 69.3 Å². The van der Waals surface area contributed by atoms with E-state index in [0.29, 0.717) is 23.4 Å². The number of aromatic nitrogens is 2. The van der Waals surface area contributed by atoms with Crippen LogP contribution in [0.15, 0.2) is 48.1 Å². The fraction of sp³-hybridized carbons (Fsp3) is 0.464. The van der Waals surface area contributed by atoms with E-state index >= 15 is 0 Å². The highest BCUT2D eigenvalue weighted by atomic mass is 32.1. The lowest BCUT2D eigenvalue weighted by Gasteiger charge is -2.26. The Morgan fingerprint density at radius 1 is 1.22 bits per heavy atom. The molecular weight excluding hydrogens is 472 g/mol. The van der Waals surface area contributed by atoms with Gasteiger partial charge in [0.1, 0.15) is 0 Å². The topological polar surface area (TPSA) is 85.3 Å². The van der Waals surface area contributed by atoms with Crippen LogP contribution in [0.5, 0.6) is 0 Å². The third-order valence-electron chi connectivity index (χ3n) is 6.49. The molecule has 0 saturated heterocycles. The molecule has 8 heteroatoms. The molecule has 2 unspecified atom stereocenters. The van der Waals surface area contributed by atoms with Crippen molar-refractivity contribution in [1.29, 1.82) is 0 Å². The van der Waals surface area contributed by atoms with E-state index in [1.807, 2.05) is 28.3 Å². The van der Waals surface area contributed by atoms with Crippen LogP contribution >= 0.6 is 11.3 Å². The minimum absolute atomic E-state index is 0.112. The number of nitrogens with zero attached hydrogens (tertiary/aromatic N) is 2. The second-order valence-electron chi connectivity index (χ2n) is 10.7. The molecule has 2 heterocycles. The molecule has 0 radical (unpaired) electrons. The van der Waals surface area contributed by atoms with Gasteiger partial charge in [-0.05, 0) is 57.2 Å². The summed E-state index contributed by atoms with van der Waals surface area (Å²) in [5.41, 5.74) is 3.32. The summed E-state index contributed by atoms with van der Waals surface area (Å²) < 4.78 is 8.14. The van der Waals surface area contributed by atoms with Crippen LogP contribution in [0.3, 0.4) is 0 Å². The van der Waals surface area contributed by atoms with Crippen molar-refractivity contribution in [3.05, 3.63) is 59.2 Å². The molecule has 1 aliphatic rings. The number of benzene rings is 1. The average molecular weight is 509 g/mol. The molecule has 2 atom stereocenters. The number of thiazole rings is 1. The first-order valence-electron chi connectivity index (χ1n) is 12.6. The number of amides is 2. The van der Waals surface area contributed by atoms with Crippen molar-refractivity contribution < 1.29 is 14.3 Å². The molecule has 2 amide bonds. The Balaban J connectivity index is 1.28. The summed E-state index contributed by atoms with van der Waals surface area (Å²) in [5.74, 6) is 0.139. The Morgan fingerprint density at radius 3 is 2.81 bits per heavy atom. The number of carbonyl (C=O) groups excluding carboxylic acids is 2. The Labute approximate surface area is 217 Å². The first-order valence-corrected chi connectivity index (χ1v) is 13.5. The van der Waals surface area contributed by atoms with E-state index in [1.165, 1.54) is 24.2 Å². The smallest absolute Gasteiger partial charge is 0.253 e. The van der Waals surface area contributed by atoms with E-state index in [4.69, 9.17) is 4.74 Å². The zero-order valence-electron chi connectivity index (χ0n) is 21.5. The number of hydrogen-bond acceptors (Lipinski definition) is 5. The molecule has 3 aromatic rings. The van der Waals surface area contributed by atoms with Crippen LogP contribution in [-0.2, 0) is 21.7 Å². The quantitative estimate of drug-likeness (QED) is 0.401. The molecule has 0 aliphatic heterocycles. The molecule has 2 aromatic heterocycles. The Hall–Kier alpha value is -2.97. The van der Waals surface area contributed by atoms with Gasteiger partial charge >= 0.3 is 0 Å². The number of nitrogens with one attached hydrogen (secondary N) is 2. The van der Waals surface area contributed by atoms with Crippen molar-refractivity contribution in [2.45, 2.75) is 71.6 Å². The molecular formula is C28H36N4O3S. The van der Waals surface area contributed by atoms with Gasteiger partial charge < -0.3 is 19.9 Å². The van der Waals surface area contributed by atoms with E-state index in [1.54, 1.807) is 12.3 Å². The second kappa shape index (κ2) is 11.4. The molecule has 1 fully saturated rings. The van der Waals surface area contributed by atoms with Crippen molar-refractivity contribution >= 4 is 28.3 Å². The van der Waals surface area contributed by atoms with Crippen molar-refractivity contribution in [3.8, 4) is 11.3 Å². The third kappa shape index (κ3) is 7.04. The number of ether oxygens (including phenoxy) is 1. The molecule has 0 spiro atoms. The van der Waals surface area contributed by atoms with E-state index in [9.17, 15) is 9.59 Å². The number of carbonyl (C=O) groups is 2. The molecule has 2 N–H and O–H groups in total. The van der Waals surface area contributed by atoms with Gasteiger partial charge in [0.05, 0.1) is 30.5 Å². The van der Waals surface area contributed by atoms with Gasteiger partial charge in [-0.3, -0.25) is 9.59 Å². The zero-order chi connectivity index (χ0) is 25.7. The van der Waals surface area contributed by atoms with Gasteiger partial charge in [-0.15, -0.1) is 11.3 Å². The largest absolute Gasteiger partial charge is 0.374 e. The maximum absolute atomic E-state index is 12.4. The molecule has 192 valence electrons. The van der Waals surface area contributed by atoms with Crippen LogP contribution in [-0.4, -0.2) is 34.0 Å². The van der Waals surface area contributed by atoms with Crippen molar-refractivity contribution in [3.63, 3.8) is 0 Å². The molecule has 7 nitrogen and oxygen atoms in total. The predicted octanol–water partition coefficient (Wildman–Crippen LogP) is 5.83. The predicted molar refractivity (Wildman–Crippen MR) is 144 cm³/mol. The van der Waals surface area contributed by atoms with Crippen LogP contribution in [0.4, 0.5) is 5.13 Å². The lowest BCUT2D eigenvalue weighted by atomic mass is 9.89. The van der Waals surface area contributed by atoms with Crippen LogP contribution < -0.4 is 10.6 Å². The Bertz CT molecular complexity index is 1190. The molecule has 1 aliphatic carbocycles. The lowest BCUT2D eigenvalue weighted by molar-refractivity contribution is -0.115. The first kappa shape index (κ1) is 26.1. The van der Waals surface area contributed by atoms with Gasteiger partial charge in [0.2, 0.25) is 5.91 Å². The van der Waals surface area contributed by atoms with Gasteiger partial charge in [0, 0.05) is 28.9 Å². The highest BCUT2D eigenvalue weighted by Crippen LogP contribution is 2.28. The van der Waals surface area contributed by atoms with Crippen molar-refractivity contribution in [2.75, 3.05) is 11.9 Å². The monoisotopic (exact) mass is 508 g/mol. The van der Waals surface area contributed by atoms with Gasteiger partial charge in [-0.2, -0.15) is 0 Å². The van der Waals surface area contributed by atoms with E-state index in [0.717, 1.165) is 35.6 Å². The summed E-state index contributed by atoms with van der Waals surface area (Å²) >= 11 is 1.36. The normalized spacial score (nSPS) is 18.1. The first-order chi connectivity index (χ1) is 17.2. The minimum Gasteiger partial charge on any atom is -0.374 e. The summed E-state index contributed by atoms with van der Waals surface area (Å²) in [6.07, 6.45) is 8.82. The van der Waals surface area contributed by atoms with E-state index < -0.39 is 0 Å². The van der Waals surface area contributed by atoms with Gasteiger partial charge in [0.15, 0.2) is 5.13 Å². The number of anilines is 1. The highest BCUT2D eigenvalue weighted by molar-refractivity contribution is 7.14. The molecule has 0 bridgehead atoms. The molecule has 4 rings (SSSR count). The highest BCUT2D eigenvalue weighted by Gasteiger charge is 2.19. The summed E-state index contributed by atoms with van der Waals surface area (Å²) in [7, 11) is 0. The van der Waals surface area contributed by atoms with Gasteiger partial charge in [-0.25, -0.2) is 4.98 Å². The lowest BCUT2D eigenvalue weighted by Crippen LogP contribution is -2.32. The summed E-state index contributed by atoms with van der Waals surface area (Å²) in [6.45, 7) is 8.96. The van der Waals surface area contributed by atoms with Crippen LogP contribution in [0.25, 0.3) is 11.3 Å². The molecule has 1 aromatic carbocycles. The average Bonchev–Trinajstić information content (AvgIpc) is 3.52. The van der Waals surface area contributed by atoms with Gasteiger partial charge in [-0.1, -0.05) is 38.0 Å². The van der Waals surface area contributed by atoms with Gasteiger partial charge in [0.25, 0.3) is 5.91 Å². The zero-order valence-corrected chi connectivity index (χ0v) is 22.4. The standard InChI is InChI=1S/C28H36N4O3S/c1-19-7-5-10-23(13-19)35-17-20-8-6-9-21(14-20)24-18-36-27(30-24)31-25(33)15-29-26(34)22-11-12-32(16-22)28(2,3)4/h6,8-9,11-12,14,16,18-19,23H,5,7,10,13,15,17H2,1-4H3,(H,29,34)(H,30,31,33). The number of hydrogen-bond donors (Lipinski definition) is 2. The minimum atomic E-state index is -0.316. The third-order valence-corrected chi connectivity index (χ3v) is 7.24. The summed E-state index contributed by atoms with van der Waals surface area (Å²) in [4.78, 5) is 29.4. The van der Waals surface area contributed by atoms with Crippen molar-refractivity contribution in [2.24, 2.45) is 5.92 Å². The Kier molecular flexibility index (Phi) is 8.26. The van der Waals surface area contributed by atoms with Crippen LogP contribution in [0, 0.1) is 5.92 Å². The Morgan fingerprint density at radius 2 is 2.06 bits per heavy atom. The van der Waals surface area contributed by atoms with E-state index in [2.05, 4.69) is 55.4 Å². The SMILES string of the molecule is CC1CCCC(OCc2cccc(-c3csc(NC(=O)CNC(=O)c4ccn(C(C)(C)C)c4)n3)c2)C1. The number of rotatable bonds is 8. The fourth-order valence-corrected chi connectivity index (χ4v) is 5.14. The van der Waals surface area contributed by atoms with E-state index in [-0.39, 0.29) is 23.9 Å². The fourth-order valence-electron chi connectivity index (χ4n) is 4.40. The molecule has 1 saturated carbocycles. The maximum Gasteiger partial charge on any atom is 0.253 e.